The Morgan fingerprint density at radius 1 is 0.600 bits per heavy atom. The van der Waals surface area contributed by atoms with E-state index in [2.05, 4.69) is 11.0 Å². The lowest BCUT2D eigenvalue weighted by molar-refractivity contribution is 0.200. The van der Waals surface area contributed by atoms with Crippen LogP contribution in [0.3, 0.4) is 0 Å². The fourth-order valence-corrected chi connectivity index (χ4v) is 2.24. The quantitative estimate of drug-likeness (QED) is 0.831. The molecule has 0 atom stereocenters. The third-order valence-corrected chi connectivity index (χ3v) is 3.27. The van der Waals surface area contributed by atoms with E-state index in [1.54, 1.807) is 0 Å². The zero-order valence-corrected chi connectivity index (χ0v) is 10.6. The Balaban J connectivity index is 1.74. The summed E-state index contributed by atoms with van der Waals surface area (Å²) in [7, 11) is 0. The molecule has 20 heavy (non-hydrogen) atoms. The lowest BCUT2D eigenvalue weighted by atomic mass is 10.1. The van der Waals surface area contributed by atoms with Crippen molar-refractivity contribution in [2.24, 2.45) is 0 Å². The van der Waals surface area contributed by atoms with Crippen LogP contribution in [0.2, 0.25) is 0 Å². The molecule has 2 heterocycles. The highest BCUT2D eigenvalue weighted by atomic mass is 16.7. The van der Waals surface area contributed by atoms with Crippen molar-refractivity contribution in [1.82, 2.24) is 11.0 Å². The highest BCUT2D eigenvalue weighted by Gasteiger charge is 2.18. The molecule has 0 amide bonds. The van der Waals surface area contributed by atoms with Crippen LogP contribution in [-0.4, -0.2) is 0 Å². The van der Waals surface area contributed by atoms with Gasteiger partial charge < -0.3 is 9.68 Å². The maximum absolute atomic E-state index is 5.52. The van der Waals surface area contributed by atoms with E-state index in [9.17, 15) is 0 Å². The molecule has 2 aliphatic rings. The largest absolute Gasteiger partial charge is 0.381 e. The van der Waals surface area contributed by atoms with E-state index >= 15 is 0 Å². The Morgan fingerprint density at radius 2 is 1.05 bits per heavy atom. The summed E-state index contributed by atoms with van der Waals surface area (Å²) in [5.41, 5.74) is 9.58. The molecule has 0 saturated carbocycles. The fraction of sp³-hybridized carbons (Fsp3) is 0. The van der Waals surface area contributed by atoms with E-state index in [0.717, 1.165) is 34.0 Å². The van der Waals surface area contributed by atoms with Crippen molar-refractivity contribution in [3.8, 4) is 11.5 Å². The van der Waals surface area contributed by atoms with Gasteiger partial charge in [0, 0.05) is 11.1 Å². The molecule has 0 bridgehead atoms. The van der Waals surface area contributed by atoms with Gasteiger partial charge in [-0.3, -0.25) is 0 Å². The molecule has 4 rings (SSSR count). The summed E-state index contributed by atoms with van der Waals surface area (Å²) in [6, 6.07) is 15.7. The van der Waals surface area contributed by atoms with Crippen LogP contribution < -0.4 is 20.6 Å². The summed E-state index contributed by atoms with van der Waals surface area (Å²) in [5, 5.41) is 0. The molecule has 0 fully saturated rings. The molecule has 0 radical (unpaired) electrons. The number of fused-ring (bicyclic) bond motifs is 2. The average molecular weight is 264 g/mol. The van der Waals surface area contributed by atoms with Crippen LogP contribution in [0.25, 0.3) is 12.2 Å². The molecule has 2 aromatic carbocycles. The van der Waals surface area contributed by atoms with Crippen LogP contribution >= 0.6 is 0 Å². The standard InChI is InChI=1S/C16H12N2O2/c1-3-7-15-11(5-1)9-13(17-19-15)14-10-12-6-2-4-8-16(12)20-18-14/h1-10,17-18H. The first-order valence-corrected chi connectivity index (χ1v) is 6.38. The second-order valence-corrected chi connectivity index (χ2v) is 4.60. The molecule has 98 valence electrons. The molecular weight excluding hydrogens is 252 g/mol. The number of benzene rings is 2. The van der Waals surface area contributed by atoms with Gasteiger partial charge in [0.1, 0.15) is 0 Å². The van der Waals surface area contributed by atoms with Crippen LogP contribution in [-0.2, 0) is 0 Å². The van der Waals surface area contributed by atoms with E-state index in [4.69, 9.17) is 9.68 Å². The molecule has 0 spiro atoms. The first-order valence-electron chi connectivity index (χ1n) is 6.38. The Hall–Kier alpha value is -2.88. The second kappa shape index (κ2) is 4.35. The van der Waals surface area contributed by atoms with Crippen LogP contribution in [0.4, 0.5) is 0 Å². The topological polar surface area (TPSA) is 42.5 Å². The smallest absolute Gasteiger partial charge is 0.162 e. The van der Waals surface area contributed by atoms with Crippen molar-refractivity contribution in [2.75, 3.05) is 0 Å². The van der Waals surface area contributed by atoms with Gasteiger partial charge in [-0.25, -0.2) is 11.0 Å². The van der Waals surface area contributed by atoms with Crippen molar-refractivity contribution in [2.45, 2.75) is 0 Å². The van der Waals surface area contributed by atoms with Crippen molar-refractivity contribution in [3.05, 3.63) is 71.1 Å². The van der Waals surface area contributed by atoms with Gasteiger partial charge in [0.05, 0.1) is 11.4 Å². The molecule has 0 unspecified atom stereocenters. The van der Waals surface area contributed by atoms with Crippen molar-refractivity contribution < 1.29 is 9.68 Å². The predicted molar refractivity (Wildman–Crippen MR) is 76.4 cm³/mol. The highest BCUT2D eigenvalue weighted by molar-refractivity contribution is 5.71. The average Bonchev–Trinajstić information content (AvgIpc) is 2.54. The first kappa shape index (κ1) is 11.0. The van der Waals surface area contributed by atoms with E-state index in [1.807, 2.05) is 60.7 Å². The van der Waals surface area contributed by atoms with Crippen LogP contribution in [0, 0.1) is 0 Å². The Kier molecular flexibility index (Phi) is 2.39. The van der Waals surface area contributed by atoms with E-state index in [-0.39, 0.29) is 0 Å². The van der Waals surface area contributed by atoms with Gasteiger partial charge in [0.2, 0.25) is 0 Å². The third-order valence-electron chi connectivity index (χ3n) is 3.27. The Morgan fingerprint density at radius 3 is 1.55 bits per heavy atom. The fourth-order valence-electron chi connectivity index (χ4n) is 2.24. The minimum atomic E-state index is 0.814. The van der Waals surface area contributed by atoms with E-state index in [0.29, 0.717) is 0 Å². The highest BCUT2D eigenvalue weighted by Crippen LogP contribution is 2.29. The predicted octanol–water partition coefficient (Wildman–Crippen LogP) is 2.86. The first-order chi connectivity index (χ1) is 9.90. The number of hydrogen-bond acceptors (Lipinski definition) is 4. The second-order valence-electron chi connectivity index (χ2n) is 4.60. The van der Waals surface area contributed by atoms with Crippen LogP contribution in [0.1, 0.15) is 11.1 Å². The zero-order chi connectivity index (χ0) is 13.4. The SMILES string of the molecule is C1=C(C2=Cc3ccccc3ON2)NOc2ccccc21. The summed E-state index contributed by atoms with van der Waals surface area (Å²) < 4.78 is 0. The van der Waals surface area contributed by atoms with Gasteiger partial charge in [-0.15, -0.1) is 0 Å². The summed E-state index contributed by atoms with van der Waals surface area (Å²) in [5.74, 6) is 1.63. The molecule has 4 heteroatoms. The normalized spacial score (nSPS) is 15.2. The van der Waals surface area contributed by atoms with Crippen LogP contribution in [0.5, 0.6) is 11.5 Å². The van der Waals surface area contributed by atoms with E-state index in [1.165, 1.54) is 0 Å². The van der Waals surface area contributed by atoms with Gasteiger partial charge in [-0.1, -0.05) is 36.4 Å². The van der Waals surface area contributed by atoms with Gasteiger partial charge in [-0.2, -0.15) is 0 Å². The third kappa shape index (κ3) is 1.78. The zero-order valence-electron chi connectivity index (χ0n) is 10.6. The maximum Gasteiger partial charge on any atom is 0.162 e. The molecule has 2 N–H and O–H groups in total. The molecule has 0 aliphatic carbocycles. The summed E-state index contributed by atoms with van der Waals surface area (Å²) in [4.78, 5) is 11.0. The Labute approximate surface area is 116 Å². The molecule has 2 aliphatic heterocycles. The van der Waals surface area contributed by atoms with Crippen molar-refractivity contribution in [3.63, 3.8) is 0 Å². The van der Waals surface area contributed by atoms with Gasteiger partial charge in [0.25, 0.3) is 0 Å². The number of hydrogen-bond donors (Lipinski definition) is 2. The van der Waals surface area contributed by atoms with Crippen molar-refractivity contribution in [1.29, 1.82) is 0 Å². The van der Waals surface area contributed by atoms with Crippen LogP contribution in [0.15, 0.2) is 59.9 Å². The monoisotopic (exact) mass is 264 g/mol. The summed E-state index contributed by atoms with van der Waals surface area (Å²) >= 11 is 0. The van der Waals surface area contributed by atoms with Gasteiger partial charge in [0.15, 0.2) is 11.5 Å². The minimum absolute atomic E-state index is 0.814. The lowest BCUT2D eigenvalue weighted by Gasteiger charge is -2.24. The Bertz CT molecular complexity index is 671. The molecule has 4 nitrogen and oxygen atoms in total. The molecule has 2 aromatic rings. The van der Waals surface area contributed by atoms with Crippen molar-refractivity contribution >= 4 is 12.2 Å². The number of hydroxylamine groups is 2. The minimum Gasteiger partial charge on any atom is -0.381 e. The van der Waals surface area contributed by atoms with E-state index < -0.39 is 0 Å². The van der Waals surface area contributed by atoms with Gasteiger partial charge >= 0.3 is 0 Å². The lowest BCUT2D eigenvalue weighted by Crippen LogP contribution is -2.31. The number of nitrogens with one attached hydrogen (secondary N) is 2. The molecule has 0 saturated heterocycles. The molecule has 0 aromatic heterocycles. The number of para-hydroxylation sites is 2. The summed E-state index contributed by atoms with van der Waals surface area (Å²) in [6.07, 6.45) is 4.05. The maximum atomic E-state index is 5.52. The van der Waals surface area contributed by atoms with Gasteiger partial charge in [-0.05, 0) is 24.3 Å². The molecular formula is C16H12N2O2. The number of rotatable bonds is 1. The summed E-state index contributed by atoms with van der Waals surface area (Å²) in [6.45, 7) is 0.